The number of benzene rings is 1. The van der Waals surface area contributed by atoms with Gasteiger partial charge in [-0.25, -0.2) is 9.18 Å². The maximum Gasteiger partial charge on any atom is 0.337 e. The fourth-order valence-corrected chi connectivity index (χ4v) is 1.10. The summed E-state index contributed by atoms with van der Waals surface area (Å²) >= 11 is 0. The average Bonchev–Trinajstić information content (AvgIpc) is 2.20. The van der Waals surface area contributed by atoms with Gasteiger partial charge in [0.05, 0.1) is 6.54 Å². The molecule has 4 nitrogen and oxygen atoms in total. The first-order chi connectivity index (χ1) is 7.33. The second-order valence-corrected chi connectivity index (χ2v) is 3.90. The van der Waals surface area contributed by atoms with Crippen molar-refractivity contribution in [1.82, 2.24) is 0 Å². The van der Waals surface area contributed by atoms with Crippen LogP contribution in [0, 0.1) is 12.7 Å². The number of halogens is 1. The zero-order chi connectivity index (χ0) is 12.3. The topological polar surface area (TPSA) is 69.6 Å². The molecule has 0 aliphatic carbocycles. The highest BCUT2D eigenvalue weighted by molar-refractivity contribution is 5.77. The highest BCUT2D eigenvalue weighted by Gasteiger charge is 2.29. The van der Waals surface area contributed by atoms with Gasteiger partial charge < -0.3 is 15.5 Å². The van der Waals surface area contributed by atoms with Crippen LogP contribution in [0.5, 0.6) is 0 Å². The number of carboxylic acids is 1. The third-order valence-corrected chi connectivity index (χ3v) is 2.26. The molecule has 88 valence electrons. The number of hydrogen-bond acceptors (Lipinski definition) is 3. The molecule has 0 amide bonds. The molecular formula is C11H14FNO3. The number of aliphatic carboxylic acids is 1. The number of carbonyl (C=O) groups is 1. The summed E-state index contributed by atoms with van der Waals surface area (Å²) in [4.78, 5) is 10.6. The molecule has 0 bridgehead atoms. The first-order valence-electron chi connectivity index (χ1n) is 4.79. The van der Waals surface area contributed by atoms with Crippen molar-refractivity contribution in [2.75, 3.05) is 11.9 Å². The van der Waals surface area contributed by atoms with Crippen LogP contribution in [0.4, 0.5) is 10.1 Å². The highest BCUT2D eigenvalue weighted by atomic mass is 19.1. The summed E-state index contributed by atoms with van der Waals surface area (Å²) in [7, 11) is 0. The molecular weight excluding hydrogens is 213 g/mol. The fraction of sp³-hybridized carbons (Fsp3) is 0.364. The van der Waals surface area contributed by atoms with Crippen molar-refractivity contribution >= 4 is 11.7 Å². The SMILES string of the molecule is Cc1cc(NCC(C)(O)C(=O)O)ccc1F. The van der Waals surface area contributed by atoms with Crippen LogP contribution in [0.2, 0.25) is 0 Å². The Bertz CT molecular complexity index is 404. The van der Waals surface area contributed by atoms with E-state index in [-0.39, 0.29) is 12.4 Å². The normalized spacial score (nSPS) is 14.2. The first kappa shape index (κ1) is 12.4. The zero-order valence-electron chi connectivity index (χ0n) is 9.12. The van der Waals surface area contributed by atoms with E-state index in [0.29, 0.717) is 11.3 Å². The second-order valence-electron chi connectivity index (χ2n) is 3.90. The first-order valence-corrected chi connectivity index (χ1v) is 4.79. The Morgan fingerprint density at radius 1 is 1.56 bits per heavy atom. The van der Waals surface area contributed by atoms with Crippen molar-refractivity contribution in [3.05, 3.63) is 29.6 Å². The summed E-state index contributed by atoms with van der Waals surface area (Å²) in [5.74, 6) is -1.63. The molecule has 0 aliphatic heterocycles. The molecule has 3 N–H and O–H groups in total. The molecule has 16 heavy (non-hydrogen) atoms. The van der Waals surface area contributed by atoms with Gasteiger partial charge in [0.2, 0.25) is 0 Å². The highest BCUT2D eigenvalue weighted by Crippen LogP contribution is 2.14. The number of hydrogen-bond donors (Lipinski definition) is 3. The number of nitrogens with one attached hydrogen (secondary N) is 1. The van der Waals surface area contributed by atoms with E-state index in [9.17, 15) is 14.3 Å². The van der Waals surface area contributed by atoms with Gasteiger partial charge in [-0.05, 0) is 37.6 Å². The van der Waals surface area contributed by atoms with Gasteiger partial charge in [0, 0.05) is 5.69 Å². The van der Waals surface area contributed by atoms with Gasteiger partial charge >= 0.3 is 5.97 Å². The molecule has 0 fully saturated rings. The van der Waals surface area contributed by atoms with Crippen molar-refractivity contribution in [1.29, 1.82) is 0 Å². The van der Waals surface area contributed by atoms with Crippen LogP contribution in [-0.2, 0) is 4.79 Å². The monoisotopic (exact) mass is 227 g/mol. The molecule has 0 aliphatic rings. The summed E-state index contributed by atoms with van der Waals surface area (Å²) in [5.41, 5.74) is -0.817. The summed E-state index contributed by atoms with van der Waals surface area (Å²) in [6.45, 7) is 2.65. The van der Waals surface area contributed by atoms with Crippen LogP contribution in [0.1, 0.15) is 12.5 Å². The van der Waals surface area contributed by atoms with E-state index in [1.165, 1.54) is 19.1 Å². The smallest absolute Gasteiger partial charge is 0.337 e. The van der Waals surface area contributed by atoms with E-state index < -0.39 is 11.6 Å². The quantitative estimate of drug-likeness (QED) is 0.726. The molecule has 5 heteroatoms. The van der Waals surface area contributed by atoms with Crippen molar-refractivity contribution < 1.29 is 19.4 Å². The molecule has 0 saturated heterocycles. The van der Waals surface area contributed by atoms with E-state index in [1.54, 1.807) is 13.0 Å². The standard InChI is InChI=1S/C11H14FNO3/c1-7-5-8(3-4-9(7)12)13-6-11(2,16)10(14)15/h3-5,13,16H,6H2,1-2H3,(H,14,15). The largest absolute Gasteiger partial charge is 0.479 e. The predicted octanol–water partition coefficient (Wildman–Crippen LogP) is 1.38. The van der Waals surface area contributed by atoms with Gasteiger partial charge in [-0.2, -0.15) is 0 Å². The third kappa shape index (κ3) is 2.93. The molecule has 0 radical (unpaired) electrons. The Hall–Kier alpha value is -1.62. The van der Waals surface area contributed by atoms with E-state index in [0.717, 1.165) is 0 Å². The summed E-state index contributed by atoms with van der Waals surface area (Å²) in [5, 5.41) is 20.8. The number of carboxylic acid groups (broad SMARTS) is 1. The van der Waals surface area contributed by atoms with E-state index in [4.69, 9.17) is 5.11 Å². The van der Waals surface area contributed by atoms with Crippen molar-refractivity contribution in [2.24, 2.45) is 0 Å². The van der Waals surface area contributed by atoms with Crippen molar-refractivity contribution in [3.8, 4) is 0 Å². The van der Waals surface area contributed by atoms with Crippen LogP contribution in [0.3, 0.4) is 0 Å². The predicted molar refractivity (Wildman–Crippen MR) is 57.9 cm³/mol. The lowest BCUT2D eigenvalue weighted by atomic mass is 10.1. The third-order valence-electron chi connectivity index (χ3n) is 2.26. The Balaban J connectivity index is 2.68. The lowest BCUT2D eigenvalue weighted by Gasteiger charge is -2.19. The van der Waals surface area contributed by atoms with Gasteiger partial charge in [-0.15, -0.1) is 0 Å². The zero-order valence-corrected chi connectivity index (χ0v) is 9.12. The van der Waals surface area contributed by atoms with Gasteiger partial charge in [-0.1, -0.05) is 0 Å². The average molecular weight is 227 g/mol. The Morgan fingerprint density at radius 3 is 2.69 bits per heavy atom. The van der Waals surface area contributed by atoms with Gasteiger partial charge in [0.25, 0.3) is 0 Å². The van der Waals surface area contributed by atoms with E-state index >= 15 is 0 Å². The van der Waals surface area contributed by atoms with Crippen LogP contribution in [-0.4, -0.2) is 28.3 Å². The maximum atomic E-state index is 12.9. The van der Waals surface area contributed by atoms with Gasteiger partial charge in [0.15, 0.2) is 5.60 Å². The minimum Gasteiger partial charge on any atom is -0.479 e. The van der Waals surface area contributed by atoms with Crippen molar-refractivity contribution in [2.45, 2.75) is 19.4 Å². The molecule has 1 rings (SSSR count). The molecule has 0 spiro atoms. The number of aliphatic hydroxyl groups is 1. The molecule has 0 heterocycles. The Labute approximate surface area is 92.7 Å². The van der Waals surface area contributed by atoms with Gasteiger partial charge in [-0.3, -0.25) is 0 Å². The minimum atomic E-state index is -1.84. The number of aryl methyl sites for hydroxylation is 1. The van der Waals surface area contributed by atoms with Crippen LogP contribution >= 0.6 is 0 Å². The summed E-state index contributed by atoms with van der Waals surface area (Å²) in [6, 6.07) is 4.32. The molecule has 0 aromatic heterocycles. The fourth-order valence-electron chi connectivity index (χ4n) is 1.10. The lowest BCUT2D eigenvalue weighted by Crippen LogP contribution is -2.41. The van der Waals surface area contributed by atoms with Crippen molar-refractivity contribution in [3.63, 3.8) is 0 Å². The van der Waals surface area contributed by atoms with Crippen LogP contribution < -0.4 is 5.32 Å². The van der Waals surface area contributed by atoms with E-state index in [2.05, 4.69) is 5.32 Å². The lowest BCUT2D eigenvalue weighted by molar-refractivity contribution is -0.155. The van der Waals surface area contributed by atoms with E-state index in [1.807, 2.05) is 0 Å². The Kier molecular flexibility index (Phi) is 3.49. The molecule has 1 aromatic rings. The molecule has 0 saturated carbocycles. The number of rotatable bonds is 4. The van der Waals surface area contributed by atoms with Gasteiger partial charge in [0.1, 0.15) is 5.82 Å². The van der Waals surface area contributed by atoms with Crippen LogP contribution in [0.25, 0.3) is 0 Å². The molecule has 1 unspecified atom stereocenters. The number of anilines is 1. The molecule has 1 atom stereocenters. The Morgan fingerprint density at radius 2 is 2.19 bits per heavy atom. The van der Waals surface area contributed by atoms with Crippen LogP contribution in [0.15, 0.2) is 18.2 Å². The second kappa shape index (κ2) is 4.49. The summed E-state index contributed by atoms with van der Waals surface area (Å²) < 4.78 is 12.9. The minimum absolute atomic E-state index is 0.145. The maximum absolute atomic E-state index is 12.9. The molecule has 1 aromatic carbocycles. The summed E-state index contributed by atoms with van der Waals surface area (Å²) in [6.07, 6.45) is 0.